The predicted octanol–water partition coefficient (Wildman–Crippen LogP) is 2.62. The lowest BCUT2D eigenvalue weighted by atomic mass is 10.0. The molecular formula is C21H19FN6O4S. The van der Waals surface area contributed by atoms with Crippen molar-refractivity contribution in [2.75, 3.05) is 25.9 Å². The van der Waals surface area contributed by atoms with Crippen molar-refractivity contribution < 1.29 is 22.3 Å². The van der Waals surface area contributed by atoms with Gasteiger partial charge in [-0.2, -0.15) is 12.7 Å². The lowest BCUT2D eigenvalue weighted by Crippen LogP contribution is -2.29. The normalized spacial score (nSPS) is 11.7. The fourth-order valence-corrected chi connectivity index (χ4v) is 3.70. The third-order valence-electron chi connectivity index (χ3n) is 4.88. The number of aromatic nitrogens is 4. The summed E-state index contributed by atoms with van der Waals surface area (Å²) < 4.78 is 47.3. The molecule has 3 heterocycles. The van der Waals surface area contributed by atoms with Crippen LogP contribution in [0.1, 0.15) is 15.9 Å². The van der Waals surface area contributed by atoms with Crippen LogP contribution in [0.25, 0.3) is 22.2 Å². The topological polar surface area (TPSA) is 130 Å². The number of rotatable bonds is 7. The maximum absolute atomic E-state index is 15.1. The van der Waals surface area contributed by atoms with Crippen LogP contribution in [0.3, 0.4) is 0 Å². The third kappa shape index (κ3) is 4.25. The van der Waals surface area contributed by atoms with E-state index in [0.29, 0.717) is 22.2 Å². The van der Waals surface area contributed by atoms with Gasteiger partial charge in [0.25, 0.3) is 0 Å². The molecule has 0 aliphatic rings. The Morgan fingerprint density at radius 2 is 1.79 bits per heavy atom. The van der Waals surface area contributed by atoms with Crippen LogP contribution >= 0.6 is 0 Å². The Bertz CT molecular complexity index is 1450. The number of hydrogen-bond donors (Lipinski definition) is 2. The predicted molar refractivity (Wildman–Crippen MR) is 120 cm³/mol. The number of ketones is 1. The van der Waals surface area contributed by atoms with Crippen LogP contribution in [-0.4, -0.2) is 59.6 Å². The summed E-state index contributed by atoms with van der Waals surface area (Å²) >= 11 is 0. The summed E-state index contributed by atoms with van der Waals surface area (Å²) in [5.74, 6) is -1.61. The van der Waals surface area contributed by atoms with Crippen molar-refractivity contribution in [3.63, 3.8) is 0 Å². The SMILES string of the molecule is COc1ncc(-c2cnc3[nH]cc(C(=O)c4cccc(NS(=O)(=O)N(C)C)c4F)c3c2)cn1. The van der Waals surface area contributed by atoms with Crippen LogP contribution in [0.5, 0.6) is 6.01 Å². The van der Waals surface area contributed by atoms with E-state index in [1.165, 1.54) is 45.6 Å². The molecule has 0 saturated heterocycles. The molecule has 0 aliphatic heterocycles. The minimum absolute atomic E-state index is 0.181. The summed E-state index contributed by atoms with van der Waals surface area (Å²) in [6.45, 7) is 0. The maximum atomic E-state index is 15.1. The number of anilines is 1. The zero-order valence-corrected chi connectivity index (χ0v) is 18.6. The van der Waals surface area contributed by atoms with Gasteiger partial charge in [-0.3, -0.25) is 9.52 Å². The van der Waals surface area contributed by atoms with E-state index in [1.807, 2.05) is 0 Å². The molecule has 0 saturated carbocycles. The number of nitrogens with zero attached hydrogens (tertiary/aromatic N) is 4. The van der Waals surface area contributed by atoms with Gasteiger partial charge in [-0.15, -0.1) is 0 Å². The second-order valence-electron chi connectivity index (χ2n) is 7.17. The van der Waals surface area contributed by atoms with Gasteiger partial charge in [0.15, 0.2) is 11.6 Å². The van der Waals surface area contributed by atoms with Crippen molar-refractivity contribution >= 4 is 32.7 Å². The Morgan fingerprint density at radius 1 is 1.09 bits per heavy atom. The number of H-pyrrole nitrogens is 1. The summed E-state index contributed by atoms with van der Waals surface area (Å²) in [6.07, 6.45) is 6.14. The Labute approximate surface area is 188 Å². The van der Waals surface area contributed by atoms with Gasteiger partial charge in [0.1, 0.15) is 5.65 Å². The molecule has 0 atom stereocenters. The van der Waals surface area contributed by atoms with Crippen LogP contribution in [0, 0.1) is 5.82 Å². The van der Waals surface area contributed by atoms with Crippen LogP contribution < -0.4 is 9.46 Å². The molecule has 10 nitrogen and oxygen atoms in total. The van der Waals surface area contributed by atoms with E-state index in [4.69, 9.17) is 4.74 Å². The number of ether oxygens (including phenoxy) is 1. The van der Waals surface area contributed by atoms with E-state index in [-0.39, 0.29) is 22.8 Å². The van der Waals surface area contributed by atoms with Crippen LogP contribution in [0.4, 0.5) is 10.1 Å². The Kier molecular flexibility index (Phi) is 5.78. The molecule has 1 aromatic carbocycles. The quantitative estimate of drug-likeness (QED) is 0.397. The van der Waals surface area contributed by atoms with Crippen LogP contribution in [0.2, 0.25) is 0 Å². The van der Waals surface area contributed by atoms with E-state index in [1.54, 1.807) is 24.7 Å². The summed E-state index contributed by atoms with van der Waals surface area (Å²) in [5, 5.41) is 0.465. The van der Waals surface area contributed by atoms with Crippen molar-refractivity contribution in [1.29, 1.82) is 0 Å². The van der Waals surface area contributed by atoms with Crippen LogP contribution in [-0.2, 0) is 10.2 Å². The van der Waals surface area contributed by atoms with E-state index in [9.17, 15) is 13.2 Å². The number of carbonyl (C=O) groups is 1. The molecule has 2 N–H and O–H groups in total. The zero-order valence-electron chi connectivity index (χ0n) is 17.8. The van der Waals surface area contributed by atoms with Gasteiger partial charge in [-0.25, -0.2) is 19.3 Å². The van der Waals surface area contributed by atoms with Gasteiger partial charge in [0.05, 0.1) is 18.4 Å². The molecule has 0 amide bonds. The number of methoxy groups -OCH3 is 1. The summed E-state index contributed by atoms with van der Waals surface area (Å²) in [4.78, 5) is 28.6. The number of pyridine rings is 1. The highest BCUT2D eigenvalue weighted by Crippen LogP contribution is 2.28. The Hall–Kier alpha value is -3.90. The highest BCUT2D eigenvalue weighted by Gasteiger charge is 2.23. The Balaban J connectivity index is 1.73. The first-order valence-corrected chi connectivity index (χ1v) is 11.0. The first kappa shape index (κ1) is 22.3. The molecule has 0 unspecified atom stereocenters. The average Bonchev–Trinajstić information content (AvgIpc) is 3.23. The largest absolute Gasteiger partial charge is 0.467 e. The van der Waals surface area contributed by atoms with E-state index >= 15 is 4.39 Å². The first-order valence-electron chi connectivity index (χ1n) is 9.58. The summed E-state index contributed by atoms with van der Waals surface area (Å²) in [6, 6.07) is 5.86. The minimum Gasteiger partial charge on any atom is -0.467 e. The number of carbonyl (C=O) groups excluding carboxylic acids is 1. The Morgan fingerprint density at radius 3 is 2.45 bits per heavy atom. The molecule has 0 fully saturated rings. The molecule has 33 heavy (non-hydrogen) atoms. The van der Waals surface area contributed by atoms with Crippen molar-refractivity contribution in [1.82, 2.24) is 24.2 Å². The molecule has 0 bridgehead atoms. The number of halogens is 1. The molecule has 0 radical (unpaired) electrons. The average molecular weight is 470 g/mol. The van der Waals surface area contributed by atoms with E-state index < -0.39 is 21.8 Å². The van der Waals surface area contributed by atoms with Crippen molar-refractivity contribution in [3.8, 4) is 17.1 Å². The smallest absolute Gasteiger partial charge is 0.316 e. The van der Waals surface area contributed by atoms with Gasteiger partial charge in [0, 0.05) is 61.0 Å². The zero-order chi connectivity index (χ0) is 23.8. The van der Waals surface area contributed by atoms with Crippen molar-refractivity contribution in [2.24, 2.45) is 0 Å². The molecule has 12 heteroatoms. The lowest BCUT2D eigenvalue weighted by molar-refractivity contribution is 0.103. The van der Waals surface area contributed by atoms with Gasteiger partial charge >= 0.3 is 16.2 Å². The first-order chi connectivity index (χ1) is 15.7. The molecule has 4 rings (SSSR count). The monoisotopic (exact) mass is 470 g/mol. The maximum Gasteiger partial charge on any atom is 0.316 e. The number of aromatic amines is 1. The van der Waals surface area contributed by atoms with E-state index in [0.717, 1.165) is 4.31 Å². The summed E-state index contributed by atoms with van der Waals surface area (Å²) in [5.41, 5.74) is 1.29. The lowest BCUT2D eigenvalue weighted by Gasteiger charge is -2.14. The fraction of sp³-hybridized carbons (Fsp3) is 0.143. The molecule has 0 spiro atoms. The number of nitrogens with one attached hydrogen (secondary N) is 2. The highest BCUT2D eigenvalue weighted by atomic mass is 32.2. The number of fused-ring (bicyclic) bond motifs is 1. The van der Waals surface area contributed by atoms with Gasteiger partial charge in [0.2, 0.25) is 0 Å². The molecule has 3 aromatic heterocycles. The third-order valence-corrected chi connectivity index (χ3v) is 6.32. The van der Waals surface area contributed by atoms with E-state index in [2.05, 4.69) is 24.7 Å². The second kappa shape index (κ2) is 8.56. The van der Waals surface area contributed by atoms with Crippen LogP contribution in [0.15, 0.2) is 49.1 Å². The van der Waals surface area contributed by atoms with Crippen molar-refractivity contribution in [3.05, 3.63) is 66.0 Å². The molecule has 4 aromatic rings. The molecule has 0 aliphatic carbocycles. The van der Waals surface area contributed by atoms with Gasteiger partial charge in [-0.1, -0.05) is 6.07 Å². The standard InChI is InChI=1S/C21H19FN6O4S/c1-28(2)33(30,31)27-17-6-4-5-14(18(17)22)19(29)16-11-24-20-15(16)7-12(8-23-20)13-9-25-21(32-3)26-10-13/h4-11,27H,1-3H3,(H,23,24). The minimum atomic E-state index is -3.95. The van der Waals surface area contributed by atoms with Crippen molar-refractivity contribution in [2.45, 2.75) is 0 Å². The van der Waals surface area contributed by atoms with Gasteiger partial charge < -0.3 is 9.72 Å². The highest BCUT2D eigenvalue weighted by molar-refractivity contribution is 7.90. The fourth-order valence-electron chi connectivity index (χ4n) is 3.08. The van der Waals surface area contributed by atoms with Gasteiger partial charge in [-0.05, 0) is 18.2 Å². The molecule has 170 valence electrons. The molecular weight excluding hydrogens is 451 g/mol. The number of hydrogen-bond acceptors (Lipinski definition) is 7. The second-order valence-corrected chi connectivity index (χ2v) is 9.05. The number of benzene rings is 1. The summed E-state index contributed by atoms with van der Waals surface area (Å²) in [7, 11) is 0.118.